The van der Waals surface area contributed by atoms with Gasteiger partial charge in [0.2, 0.25) is 0 Å². The molecular formula is C31H44F3N3O4. The van der Waals surface area contributed by atoms with E-state index in [0.29, 0.717) is 36.7 Å². The largest absolute Gasteiger partial charge is 0.485 e. The maximum absolute atomic E-state index is 14.3. The third-order valence-electron chi connectivity index (χ3n) is 8.14. The van der Waals surface area contributed by atoms with Crippen LogP contribution in [-0.2, 0) is 11.4 Å². The lowest BCUT2D eigenvalue weighted by atomic mass is 9.59. The Hall–Kier alpha value is -2.43. The smallest absolute Gasteiger partial charge is 0.317 e. The molecule has 1 aromatic heterocycles. The van der Waals surface area contributed by atoms with Gasteiger partial charge in [0.15, 0.2) is 5.76 Å². The van der Waals surface area contributed by atoms with Crippen LogP contribution < -0.4 is 4.74 Å². The van der Waals surface area contributed by atoms with Gasteiger partial charge < -0.3 is 19.2 Å². The van der Waals surface area contributed by atoms with Crippen molar-refractivity contribution in [2.75, 3.05) is 13.1 Å². The molecule has 3 aliphatic rings. The maximum atomic E-state index is 14.3. The second-order valence-electron chi connectivity index (χ2n) is 13.5. The lowest BCUT2D eigenvalue weighted by Gasteiger charge is -2.49. The number of hydrazine groups is 1. The molecule has 0 radical (unpaired) electrons. The minimum absolute atomic E-state index is 0.100. The third kappa shape index (κ3) is 8.32. The molecule has 1 aliphatic carbocycles. The molecule has 2 aromatic rings. The quantitative estimate of drug-likeness (QED) is 0.278. The molecule has 1 atom stereocenters. The molecule has 7 nitrogen and oxygen atoms in total. The van der Waals surface area contributed by atoms with Crippen LogP contribution in [0.4, 0.5) is 13.2 Å². The van der Waals surface area contributed by atoms with Crippen molar-refractivity contribution in [2.45, 2.75) is 110 Å². The highest BCUT2D eigenvalue weighted by Crippen LogP contribution is 2.50. The van der Waals surface area contributed by atoms with E-state index in [1.165, 1.54) is 17.1 Å². The van der Waals surface area contributed by atoms with Crippen LogP contribution in [0, 0.1) is 16.6 Å². The number of rotatable bonds is 7. The van der Waals surface area contributed by atoms with Crippen LogP contribution in [0.3, 0.4) is 0 Å². The lowest BCUT2D eigenvalue weighted by Crippen LogP contribution is -2.54. The van der Waals surface area contributed by atoms with Gasteiger partial charge in [-0.25, -0.2) is 9.40 Å². The number of piperidine rings is 1. The number of hydrogen-bond acceptors (Lipinski definition) is 7. The molecule has 10 heteroatoms. The van der Waals surface area contributed by atoms with Crippen molar-refractivity contribution >= 4 is 6.29 Å². The number of aliphatic hydroxyl groups is 1. The number of carbonyl (C=O) groups is 1. The van der Waals surface area contributed by atoms with Gasteiger partial charge >= 0.3 is 6.05 Å². The molecule has 0 bridgehead atoms. The Bertz CT molecular complexity index is 1150. The number of nitrogens with zero attached hydrogens (tertiary/aromatic N) is 3. The van der Waals surface area contributed by atoms with Crippen LogP contribution in [0.25, 0.3) is 0 Å². The number of alkyl halides is 2. The average molecular weight is 580 g/mol. The minimum Gasteiger partial charge on any atom is -0.485 e. The maximum Gasteiger partial charge on any atom is 0.317 e. The highest BCUT2D eigenvalue weighted by Gasteiger charge is 2.47. The molecular weight excluding hydrogens is 535 g/mol. The molecule has 0 unspecified atom stereocenters. The molecule has 2 aliphatic heterocycles. The van der Waals surface area contributed by atoms with Crippen molar-refractivity contribution in [2.24, 2.45) is 10.8 Å². The van der Waals surface area contributed by atoms with E-state index in [1.807, 2.05) is 0 Å². The molecule has 228 valence electrons. The molecule has 2 saturated heterocycles. The number of aldehydes is 1. The van der Waals surface area contributed by atoms with Crippen molar-refractivity contribution in [1.82, 2.24) is 15.2 Å². The Labute approximate surface area is 241 Å². The predicted octanol–water partition coefficient (Wildman–Crippen LogP) is 7.07. The van der Waals surface area contributed by atoms with Crippen LogP contribution in [0.15, 0.2) is 34.9 Å². The highest BCUT2D eigenvalue weighted by molar-refractivity contribution is 5.51. The van der Waals surface area contributed by atoms with Crippen molar-refractivity contribution < 1.29 is 32.3 Å². The Morgan fingerprint density at radius 3 is 2.46 bits per heavy atom. The summed E-state index contributed by atoms with van der Waals surface area (Å²) >= 11 is 0. The van der Waals surface area contributed by atoms with E-state index in [4.69, 9.17) is 9.26 Å². The summed E-state index contributed by atoms with van der Waals surface area (Å²) in [7, 11) is 0. The van der Waals surface area contributed by atoms with Crippen LogP contribution in [-0.4, -0.2) is 51.3 Å². The molecule has 1 N–H and O–H groups in total. The number of halogens is 3. The highest BCUT2D eigenvalue weighted by atomic mass is 19.3. The Morgan fingerprint density at radius 1 is 1.07 bits per heavy atom. The Morgan fingerprint density at radius 2 is 1.80 bits per heavy atom. The van der Waals surface area contributed by atoms with Gasteiger partial charge in [-0.2, -0.15) is 13.8 Å². The first-order valence-corrected chi connectivity index (χ1v) is 14.6. The number of carbonyl (C=O) groups excluding carboxylic acids is 1. The zero-order valence-corrected chi connectivity index (χ0v) is 24.7. The molecule has 3 fully saturated rings. The van der Waals surface area contributed by atoms with Crippen LogP contribution in [0.5, 0.6) is 5.75 Å². The molecule has 5 rings (SSSR count). The first-order chi connectivity index (χ1) is 19.2. The van der Waals surface area contributed by atoms with E-state index >= 15 is 0 Å². The zero-order valence-electron chi connectivity index (χ0n) is 24.7. The van der Waals surface area contributed by atoms with Crippen molar-refractivity contribution in [3.8, 4) is 5.75 Å². The summed E-state index contributed by atoms with van der Waals surface area (Å²) in [6.45, 7) is 9.73. The zero-order chi connectivity index (χ0) is 29.9. The molecule has 0 spiro atoms. The normalized spacial score (nSPS) is 25.2. The van der Waals surface area contributed by atoms with Gasteiger partial charge in [0.05, 0.1) is 11.6 Å². The molecule has 1 saturated carbocycles. The van der Waals surface area contributed by atoms with Crippen molar-refractivity contribution in [3.05, 3.63) is 47.6 Å². The van der Waals surface area contributed by atoms with Crippen LogP contribution in [0.1, 0.15) is 103 Å². The molecule has 41 heavy (non-hydrogen) atoms. The monoisotopic (exact) mass is 579 g/mol. The van der Waals surface area contributed by atoms with E-state index < -0.39 is 11.6 Å². The van der Waals surface area contributed by atoms with Gasteiger partial charge in [-0.05, 0) is 67.9 Å². The fraction of sp³-hybridized carbons (Fsp3) is 0.677. The van der Waals surface area contributed by atoms with Gasteiger partial charge in [0.1, 0.15) is 30.2 Å². The van der Waals surface area contributed by atoms with Gasteiger partial charge in [-0.15, -0.1) is 0 Å². The average Bonchev–Trinajstić information content (AvgIpc) is 3.50. The Balaban J connectivity index is 0.000000234. The Kier molecular flexibility index (Phi) is 9.55. The summed E-state index contributed by atoms with van der Waals surface area (Å²) in [5.41, 5.74) is 0.137. The van der Waals surface area contributed by atoms with Crippen molar-refractivity contribution in [3.63, 3.8) is 0 Å². The van der Waals surface area contributed by atoms with Crippen LogP contribution in [0.2, 0.25) is 0 Å². The van der Waals surface area contributed by atoms with E-state index in [2.05, 4.69) is 32.9 Å². The number of benzene rings is 1. The molecule has 0 amide bonds. The summed E-state index contributed by atoms with van der Waals surface area (Å²) in [5, 5.41) is 17.3. The molecule has 1 aromatic carbocycles. The lowest BCUT2D eigenvalue weighted by molar-refractivity contribution is -0.262. The summed E-state index contributed by atoms with van der Waals surface area (Å²) < 4.78 is 52.7. The van der Waals surface area contributed by atoms with Crippen LogP contribution >= 0.6 is 0 Å². The number of ether oxygens (including phenoxy) is 1. The fourth-order valence-electron chi connectivity index (χ4n) is 7.38. The summed E-state index contributed by atoms with van der Waals surface area (Å²) in [6.07, 6.45) is 6.50. The second kappa shape index (κ2) is 12.4. The first kappa shape index (κ1) is 31.5. The van der Waals surface area contributed by atoms with E-state index in [9.17, 15) is 23.1 Å². The van der Waals surface area contributed by atoms with Gasteiger partial charge in [0, 0.05) is 38.1 Å². The SMILES string of the molecule is CC1(C)CC(C)(C)CC(O)(CC=O)C1.Fc1cccc(OCc2cc([C@@H]3CCCN3N3CCCCC3(F)F)no2)c1. The summed E-state index contributed by atoms with van der Waals surface area (Å²) in [5.74, 6) is 0.490. The number of aromatic nitrogens is 1. The predicted molar refractivity (Wildman–Crippen MR) is 148 cm³/mol. The summed E-state index contributed by atoms with van der Waals surface area (Å²) in [6, 6.07) is 4.54. The van der Waals surface area contributed by atoms with Gasteiger partial charge in [-0.3, -0.25) is 0 Å². The van der Waals surface area contributed by atoms with Gasteiger partial charge in [-0.1, -0.05) is 38.9 Å². The van der Waals surface area contributed by atoms with E-state index in [-0.39, 0.29) is 42.1 Å². The second-order valence-corrected chi connectivity index (χ2v) is 13.5. The van der Waals surface area contributed by atoms with E-state index in [0.717, 1.165) is 44.8 Å². The topological polar surface area (TPSA) is 79.0 Å². The molecule has 3 heterocycles. The summed E-state index contributed by atoms with van der Waals surface area (Å²) in [4.78, 5) is 10.5. The standard InChI is InChI=1S/C19H22F3N3O2.C12H22O2/c20-14-5-3-6-15(11-14)26-13-16-12-17(23-27-16)18-7-4-9-24(18)25-10-2-1-8-19(25,21)22;1-10(2)7-11(3,4)9-12(14,8-10)5-6-13/h3,5-6,11-12,18H,1-2,4,7-10,13H2;6,14H,5,7-9H2,1-4H3/t18-;/m0./s1. The number of hydrogen-bond donors (Lipinski definition) is 1. The first-order valence-electron chi connectivity index (χ1n) is 14.6. The van der Waals surface area contributed by atoms with Gasteiger partial charge in [0.25, 0.3) is 0 Å². The minimum atomic E-state index is -2.81. The third-order valence-corrected chi connectivity index (χ3v) is 8.14. The van der Waals surface area contributed by atoms with Crippen molar-refractivity contribution in [1.29, 1.82) is 0 Å². The van der Waals surface area contributed by atoms with E-state index in [1.54, 1.807) is 23.2 Å². The fourth-order valence-corrected chi connectivity index (χ4v) is 7.38.